The summed E-state index contributed by atoms with van der Waals surface area (Å²) >= 11 is 0. The molecule has 220 valence electrons. The number of ether oxygens (including phenoxy) is 8. The fraction of sp³-hybridized carbons (Fsp3) is 0.917. The molecule has 2 amide bonds. The Kier molecular flexibility index (Phi) is 29.6. The van der Waals surface area contributed by atoms with E-state index in [0.717, 1.165) is 12.8 Å². The van der Waals surface area contributed by atoms with Crippen molar-refractivity contribution in [1.82, 2.24) is 10.6 Å². The highest BCUT2D eigenvalue weighted by molar-refractivity contribution is 5.79. The molecule has 0 heterocycles. The van der Waals surface area contributed by atoms with Gasteiger partial charge in [-0.1, -0.05) is 13.3 Å². The lowest BCUT2D eigenvalue weighted by molar-refractivity contribution is -0.131. The van der Waals surface area contributed by atoms with E-state index >= 15 is 0 Å². The van der Waals surface area contributed by atoms with Gasteiger partial charge in [-0.2, -0.15) is 0 Å². The van der Waals surface area contributed by atoms with Gasteiger partial charge in [0, 0.05) is 19.6 Å². The summed E-state index contributed by atoms with van der Waals surface area (Å²) in [5.74, 6) is -0.510. The fourth-order valence-electron chi connectivity index (χ4n) is 2.51. The van der Waals surface area contributed by atoms with Crippen molar-refractivity contribution in [3.05, 3.63) is 0 Å². The molecule has 0 aromatic rings. The second-order valence-electron chi connectivity index (χ2n) is 7.62. The number of carbonyl (C=O) groups excluding carboxylic acids is 2. The normalized spacial score (nSPS) is 11.1. The molecule has 0 aliphatic heterocycles. The highest BCUT2D eigenvalue weighted by Crippen LogP contribution is 1.86. The molecule has 0 aliphatic carbocycles. The fourth-order valence-corrected chi connectivity index (χ4v) is 2.51. The van der Waals surface area contributed by atoms with Crippen molar-refractivity contribution in [2.75, 3.05) is 125 Å². The maximum absolute atomic E-state index is 11.6. The second-order valence-corrected chi connectivity index (χ2v) is 7.62. The van der Waals surface area contributed by atoms with Gasteiger partial charge in [0.25, 0.3) is 0 Å². The molecule has 0 radical (unpaired) electrons. The number of rotatable bonds is 30. The molecule has 0 atom stereocenters. The van der Waals surface area contributed by atoms with Crippen molar-refractivity contribution < 1.29 is 47.5 Å². The lowest BCUT2D eigenvalue weighted by Gasteiger charge is -2.09. The minimum Gasteiger partial charge on any atom is -0.378 e. The Labute approximate surface area is 221 Å². The van der Waals surface area contributed by atoms with Crippen LogP contribution in [0.4, 0.5) is 0 Å². The van der Waals surface area contributed by atoms with Crippen LogP contribution in [0, 0.1) is 0 Å². The summed E-state index contributed by atoms with van der Waals surface area (Å²) in [6.45, 7) is 10.1. The molecule has 0 saturated carbocycles. The van der Waals surface area contributed by atoms with Gasteiger partial charge in [-0.25, -0.2) is 0 Å². The van der Waals surface area contributed by atoms with E-state index in [0.29, 0.717) is 112 Å². The van der Waals surface area contributed by atoms with Crippen LogP contribution >= 0.6 is 0 Å². The van der Waals surface area contributed by atoms with E-state index in [2.05, 4.69) is 10.6 Å². The smallest absolute Gasteiger partial charge is 0.246 e. The molecule has 0 spiro atoms. The lowest BCUT2D eigenvalue weighted by atomic mass is 10.3. The molecule has 37 heavy (non-hydrogen) atoms. The Hall–Kier alpha value is -1.42. The number of nitrogens with two attached hydrogens (primary N) is 1. The largest absolute Gasteiger partial charge is 0.378 e. The third-order valence-electron chi connectivity index (χ3n) is 4.38. The quantitative estimate of drug-likeness (QED) is 0.0973. The van der Waals surface area contributed by atoms with Crippen molar-refractivity contribution in [3.8, 4) is 0 Å². The number of hydrogen-bond acceptors (Lipinski definition) is 11. The van der Waals surface area contributed by atoms with E-state index in [1.54, 1.807) is 0 Å². The van der Waals surface area contributed by atoms with E-state index in [4.69, 9.17) is 43.6 Å². The summed E-state index contributed by atoms with van der Waals surface area (Å²) in [7, 11) is 0. The predicted octanol–water partition coefficient (Wildman–Crippen LogP) is -0.890. The van der Waals surface area contributed by atoms with Gasteiger partial charge in [-0.15, -0.1) is 0 Å². The summed E-state index contributed by atoms with van der Waals surface area (Å²) in [6, 6.07) is 0. The van der Waals surface area contributed by atoms with Crippen molar-refractivity contribution in [3.63, 3.8) is 0 Å². The van der Waals surface area contributed by atoms with Gasteiger partial charge in [0.15, 0.2) is 0 Å². The molecular weight excluding hydrogens is 490 g/mol. The molecule has 0 aliphatic rings. The number of carbonyl (C=O) groups is 2. The predicted molar refractivity (Wildman–Crippen MR) is 137 cm³/mol. The van der Waals surface area contributed by atoms with E-state index in [1.807, 2.05) is 6.92 Å². The SMILES string of the molecule is CCCCNC(=O)COCC(=O)NCCOCCOCCOCCOCCOCCOCCOCCN. The van der Waals surface area contributed by atoms with Crippen LogP contribution in [0.2, 0.25) is 0 Å². The van der Waals surface area contributed by atoms with E-state index in [9.17, 15) is 9.59 Å². The average Bonchev–Trinajstić information content (AvgIpc) is 2.89. The van der Waals surface area contributed by atoms with Crippen LogP contribution in [0.3, 0.4) is 0 Å². The summed E-state index contributed by atoms with van der Waals surface area (Å²) < 4.78 is 42.6. The zero-order chi connectivity index (χ0) is 27.1. The number of hydrogen-bond donors (Lipinski definition) is 3. The highest BCUT2D eigenvalue weighted by atomic mass is 16.6. The van der Waals surface area contributed by atoms with Crippen molar-refractivity contribution in [1.29, 1.82) is 0 Å². The number of unbranched alkanes of at least 4 members (excludes halogenated alkanes) is 1. The third kappa shape index (κ3) is 30.7. The number of nitrogens with one attached hydrogen (secondary N) is 2. The number of amides is 2. The molecule has 0 bridgehead atoms. The van der Waals surface area contributed by atoms with Crippen LogP contribution in [0.1, 0.15) is 19.8 Å². The molecule has 0 fully saturated rings. The monoisotopic (exact) mass is 539 g/mol. The third-order valence-corrected chi connectivity index (χ3v) is 4.38. The molecule has 13 heteroatoms. The van der Waals surface area contributed by atoms with Crippen molar-refractivity contribution in [2.45, 2.75) is 19.8 Å². The van der Waals surface area contributed by atoms with Crippen molar-refractivity contribution >= 4 is 11.8 Å². The first-order valence-corrected chi connectivity index (χ1v) is 13.1. The standard InChI is InChI=1S/C24H49N3O10/c1-2-3-5-26-23(28)21-37-22-24(29)27-6-8-31-10-12-33-14-16-35-18-20-36-19-17-34-15-13-32-11-9-30-7-4-25/h2-22,25H2,1H3,(H,26,28)(H,27,29). The van der Waals surface area contributed by atoms with E-state index in [-0.39, 0.29) is 25.0 Å². The minimum absolute atomic E-state index is 0.124. The lowest BCUT2D eigenvalue weighted by Crippen LogP contribution is -2.33. The Morgan fingerprint density at radius 1 is 0.514 bits per heavy atom. The van der Waals surface area contributed by atoms with Gasteiger partial charge < -0.3 is 54.3 Å². The van der Waals surface area contributed by atoms with E-state index < -0.39 is 0 Å². The first kappa shape index (κ1) is 35.6. The molecule has 0 aromatic carbocycles. The van der Waals surface area contributed by atoms with Gasteiger partial charge >= 0.3 is 0 Å². The highest BCUT2D eigenvalue weighted by Gasteiger charge is 2.04. The molecule has 0 unspecified atom stereocenters. The first-order valence-electron chi connectivity index (χ1n) is 13.1. The maximum Gasteiger partial charge on any atom is 0.246 e. The molecule has 0 aromatic heterocycles. The van der Waals surface area contributed by atoms with Gasteiger partial charge in [-0.05, 0) is 6.42 Å². The van der Waals surface area contributed by atoms with Crippen LogP contribution in [0.25, 0.3) is 0 Å². The summed E-state index contributed by atoms with van der Waals surface area (Å²) in [5, 5.41) is 5.37. The maximum atomic E-state index is 11.6. The van der Waals surface area contributed by atoms with Gasteiger partial charge in [0.05, 0.1) is 92.5 Å². The second kappa shape index (κ2) is 30.8. The van der Waals surface area contributed by atoms with Crippen molar-refractivity contribution in [2.24, 2.45) is 5.73 Å². The van der Waals surface area contributed by atoms with Crippen LogP contribution in [-0.2, 0) is 47.5 Å². The molecule has 4 N–H and O–H groups in total. The molecule has 0 rings (SSSR count). The minimum atomic E-state index is -0.291. The van der Waals surface area contributed by atoms with Crippen LogP contribution in [0.5, 0.6) is 0 Å². The van der Waals surface area contributed by atoms with Gasteiger partial charge in [0.1, 0.15) is 13.2 Å². The zero-order valence-electron chi connectivity index (χ0n) is 22.5. The van der Waals surface area contributed by atoms with Gasteiger partial charge in [0.2, 0.25) is 11.8 Å². The Balaban J connectivity index is 3.16. The van der Waals surface area contributed by atoms with Crippen LogP contribution < -0.4 is 16.4 Å². The molecule has 13 nitrogen and oxygen atoms in total. The summed E-state index contributed by atoms with van der Waals surface area (Å²) in [6.07, 6.45) is 1.93. The Morgan fingerprint density at radius 3 is 1.24 bits per heavy atom. The average molecular weight is 540 g/mol. The topological polar surface area (TPSA) is 158 Å². The first-order chi connectivity index (χ1) is 18.2. The van der Waals surface area contributed by atoms with Crippen LogP contribution in [-0.4, -0.2) is 137 Å². The van der Waals surface area contributed by atoms with Crippen LogP contribution in [0.15, 0.2) is 0 Å². The zero-order valence-corrected chi connectivity index (χ0v) is 22.5. The molecule has 0 saturated heterocycles. The Morgan fingerprint density at radius 2 is 0.865 bits per heavy atom. The summed E-state index contributed by atoms with van der Waals surface area (Å²) in [4.78, 5) is 23.1. The molecular formula is C24H49N3O10. The van der Waals surface area contributed by atoms with Gasteiger partial charge in [-0.3, -0.25) is 9.59 Å². The van der Waals surface area contributed by atoms with E-state index in [1.165, 1.54) is 0 Å². The Bertz CT molecular complexity index is 503. The summed E-state index contributed by atoms with van der Waals surface area (Å²) in [5.41, 5.74) is 5.31.